The SMILES string of the molecule is C=C(C)C(=O)OCCOC(=O)OCCC. The molecular weight excluding hydrogens is 200 g/mol. The normalized spacial score (nSPS) is 9.20. The highest BCUT2D eigenvalue weighted by Gasteiger charge is 2.05. The number of carbonyl (C=O) groups excluding carboxylic acids is 2. The topological polar surface area (TPSA) is 61.8 Å². The number of ether oxygens (including phenoxy) is 3. The van der Waals surface area contributed by atoms with Crippen molar-refractivity contribution in [3.63, 3.8) is 0 Å². The minimum absolute atomic E-state index is 0.00686. The molecule has 0 amide bonds. The molecule has 0 N–H and O–H groups in total. The van der Waals surface area contributed by atoms with Gasteiger partial charge in [-0.25, -0.2) is 9.59 Å². The largest absolute Gasteiger partial charge is 0.508 e. The van der Waals surface area contributed by atoms with E-state index in [2.05, 4.69) is 20.8 Å². The van der Waals surface area contributed by atoms with Crippen molar-refractivity contribution >= 4 is 12.1 Å². The van der Waals surface area contributed by atoms with Gasteiger partial charge in [-0.05, 0) is 13.3 Å². The summed E-state index contributed by atoms with van der Waals surface area (Å²) in [5, 5.41) is 0. The van der Waals surface area contributed by atoms with Crippen LogP contribution in [-0.2, 0) is 19.0 Å². The molecule has 0 unspecified atom stereocenters. The Morgan fingerprint density at radius 1 is 1.07 bits per heavy atom. The molecule has 0 radical (unpaired) electrons. The fourth-order valence-electron chi connectivity index (χ4n) is 0.610. The van der Waals surface area contributed by atoms with E-state index in [1.165, 1.54) is 0 Å². The maximum Gasteiger partial charge on any atom is 0.508 e. The van der Waals surface area contributed by atoms with Crippen LogP contribution in [0.2, 0.25) is 0 Å². The van der Waals surface area contributed by atoms with Crippen LogP contribution in [0.4, 0.5) is 4.79 Å². The number of carbonyl (C=O) groups is 2. The van der Waals surface area contributed by atoms with Crippen molar-refractivity contribution in [1.29, 1.82) is 0 Å². The maximum atomic E-state index is 10.9. The zero-order chi connectivity index (χ0) is 11.7. The summed E-state index contributed by atoms with van der Waals surface area (Å²) in [6.45, 7) is 7.14. The van der Waals surface area contributed by atoms with Crippen LogP contribution >= 0.6 is 0 Å². The van der Waals surface area contributed by atoms with E-state index in [0.29, 0.717) is 12.2 Å². The third-order valence-electron chi connectivity index (χ3n) is 1.31. The van der Waals surface area contributed by atoms with Crippen molar-refractivity contribution in [2.45, 2.75) is 20.3 Å². The Balaban J connectivity index is 3.42. The lowest BCUT2D eigenvalue weighted by Crippen LogP contribution is -2.15. The summed E-state index contributed by atoms with van der Waals surface area (Å²) in [7, 11) is 0. The van der Waals surface area contributed by atoms with Crippen LogP contribution < -0.4 is 0 Å². The fraction of sp³-hybridized carbons (Fsp3) is 0.600. The molecule has 15 heavy (non-hydrogen) atoms. The predicted octanol–water partition coefficient (Wildman–Crippen LogP) is 1.67. The van der Waals surface area contributed by atoms with Gasteiger partial charge in [-0.1, -0.05) is 13.5 Å². The van der Waals surface area contributed by atoms with Crippen LogP contribution in [0.25, 0.3) is 0 Å². The van der Waals surface area contributed by atoms with E-state index in [-0.39, 0.29) is 13.2 Å². The van der Waals surface area contributed by atoms with Crippen molar-refractivity contribution in [3.8, 4) is 0 Å². The van der Waals surface area contributed by atoms with Gasteiger partial charge < -0.3 is 14.2 Å². The highest BCUT2D eigenvalue weighted by molar-refractivity contribution is 5.86. The smallest absolute Gasteiger partial charge is 0.459 e. The summed E-state index contributed by atoms with van der Waals surface area (Å²) in [6.07, 6.45) is -0.0112. The second kappa shape index (κ2) is 7.84. The van der Waals surface area contributed by atoms with Crippen LogP contribution in [0.1, 0.15) is 20.3 Å². The molecule has 86 valence electrons. The first kappa shape index (κ1) is 13.5. The van der Waals surface area contributed by atoms with Crippen LogP contribution in [0, 0.1) is 0 Å². The third-order valence-corrected chi connectivity index (χ3v) is 1.31. The first-order valence-electron chi connectivity index (χ1n) is 4.70. The van der Waals surface area contributed by atoms with Crippen LogP contribution in [0.15, 0.2) is 12.2 Å². The highest BCUT2D eigenvalue weighted by atomic mass is 16.7. The highest BCUT2D eigenvalue weighted by Crippen LogP contribution is 1.93. The third kappa shape index (κ3) is 7.54. The molecule has 5 nitrogen and oxygen atoms in total. The zero-order valence-electron chi connectivity index (χ0n) is 9.08. The Morgan fingerprint density at radius 2 is 1.60 bits per heavy atom. The van der Waals surface area contributed by atoms with Crippen molar-refractivity contribution in [3.05, 3.63) is 12.2 Å². The number of hydrogen-bond donors (Lipinski definition) is 0. The first-order chi connectivity index (χ1) is 7.07. The Bertz CT molecular complexity index is 234. The molecule has 0 rings (SSSR count). The van der Waals surface area contributed by atoms with Crippen molar-refractivity contribution in [2.24, 2.45) is 0 Å². The van der Waals surface area contributed by atoms with E-state index in [1.807, 2.05) is 6.92 Å². The van der Waals surface area contributed by atoms with E-state index in [4.69, 9.17) is 0 Å². The van der Waals surface area contributed by atoms with E-state index >= 15 is 0 Å². The van der Waals surface area contributed by atoms with Crippen LogP contribution in [0.3, 0.4) is 0 Å². The Morgan fingerprint density at radius 3 is 2.13 bits per heavy atom. The molecule has 0 heterocycles. The van der Waals surface area contributed by atoms with E-state index in [9.17, 15) is 9.59 Å². The van der Waals surface area contributed by atoms with Crippen LogP contribution in [-0.4, -0.2) is 31.9 Å². The molecule has 0 saturated heterocycles. The molecular formula is C10H16O5. The second-order valence-electron chi connectivity index (χ2n) is 2.86. The monoisotopic (exact) mass is 216 g/mol. The van der Waals surface area contributed by atoms with Gasteiger partial charge in [0.05, 0.1) is 6.61 Å². The lowest BCUT2D eigenvalue weighted by atomic mass is 10.4. The summed E-state index contributed by atoms with van der Waals surface area (Å²) >= 11 is 0. The molecule has 0 aliphatic rings. The number of hydrogen-bond acceptors (Lipinski definition) is 5. The molecule has 0 aromatic heterocycles. The average Bonchev–Trinajstić information content (AvgIpc) is 2.20. The molecule has 0 spiro atoms. The molecule has 0 aromatic carbocycles. The molecule has 0 saturated carbocycles. The fourth-order valence-corrected chi connectivity index (χ4v) is 0.610. The molecule has 0 atom stereocenters. The van der Waals surface area contributed by atoms with E-state index in [1.54, 1.807) is 6.92 Å². The minimum atomic E-state index is -0.747. The van der Waals surface area contributed by atoms with Gasteiger partial charge in [0.25, 0.3) is 0 Å². The van der Waals surface area contributed by atoms with Gasteiger partial charge in [0.2, 0.25) is 0 Å². The molecule has 0 aliphatic heterocycles. The Labute approximate surface area is 89.0 Å². The average molecular weight is 216 g/mol. The molecule has 0 bridgehead atoms. The summed E-state index contributed by atoms with van der Waals surface area (Å²) in [5.74, 6) is -0.500. The van der Waals surface area contributed by atoms with E-state index < -0.39 is 12.1 Å². The molecule has 0 aromatic rings. The minimum Gasteiger partial charge on any atom is -0.459 e. The summed E-state index contributed by atoms with van der Waals surface area (Å²) < 4.78 is 13.9. The lowest BCUT2D eigenvalue weighted by molar-refractivity contribution is -0.140. The zero-order valence-corrected chi connectivity index (χ0v) is 9.08. The number of esters is 1. The Kier molecular flexibility index (Phi) is 7.05. The molecule has 0 fully saturated rings. The van der Waals surface area contributed by atoms with Gasteiger partial charge in [-0.2, -0.15) is 0 Å². The maximum absolute atomic E-state index is 10.9. The lowest BCUT2D eigenvalue weighted by Gasteiger charge is -2.06. The Hall–Kier alpha value is -1.52. The van der Waals surface area contributed by atoms with Gasteiger partial charge in [0, 0.05) is 5.57 Å². The second-order valence-corrected chi connectivity index (χ2v) is 2.86. The van der Waals surface area contributed by atoms with Gasteiger partial charge >= 0.3 is 12.1 Å². The summed E-state index contributed by atoms with van der Waals surface area (Å²) in [6, 6.07) is 0. The quantitative estimate of drug-likeness (QED) is 0.384. The van der Waals surface area contributed by atoms with Gasteiger partial charge in [0.1, 0.15) is 13.2 Å². The summed E-state index contributed by atoms with van der Waals surface area (Å²) in [5.41, 5.74) is 0.309. The molecule has 5 heteroatoms. The van der Waals surface area contributed by atoms with Gasteiger partial charge in [-0.3, -0.25) is 0 Å². The van der Waals surface area contributed by atoms with Gasteiger partial charge in [-0.15, -0.1) is 0 Å². The standard InChI is InChI=1S/C10H16O5/c1-4-5-14-10(12)15-7-6-13-9(11)8(2)3/h2,4-7H2,1,3H3. The first-order valence-corrected chi connectivity index (χ1v) is 4.70. The molecule has 0 aliphatic carbocycles. The van der Waals surface area contributed by atoms with Crippen molar-refractivity contribution in [1.82, 2.24) is 0 Å². The van der Waals surface area contributed by atoms with Gasteiger partial charge in [0.15, 0.2) is 0 Å². The number of rotatable bonds is 6. The predicted molar refractivity (Wildman–Crippen MR) is 53.4 cm³/mol. The summed E-state index contributed by atoms with van der Waals surface area (Å²) in [4.78, 5) is 21.6. The van der Waals surface area contributed by atoms with Crippen molar-refractivity contribution in [2.75, 3.05) is 19.8 Å². The van der Waals surface area contributed by atoms with Crippen molar-refractivity contribution < 1.29 is 23.8 Å². The van der Waals surface area contributed by atoms with Crippen LogP contribution in [0.5, 0.6) is 0 Å². The van der Waals surface area contributed by atoms with E-state index in [0.717, 1.165) is 6.42 Å².